The molecule has 1 amide bonds. The summed E-state index contributed by atoms with van der Waals surface area (Å²) >= 11 is 1.37. The van der Waals surface area contributed by atoms with E-state index >= 15 is 0 Å². The second-order valence-electron chi connectivity index (χ2n) is 3.54. The number of carbonyl (C=O) groups excluding carboxylic acids is 1. The summed E-state index contributed by atoms with van der Waals surface area (Å²) in [6.45, 7) is 1.86. The lowest BCUT2D eigenvalue weighted by molar-refractivity contribution is 0.101. The Labute approximate surface area is 106 Å². The number of ketones is 1. The van der Waals surface area contributed by atoms with E-state index in [0.717, 1.165) is 5.01 Å². The lowest BCUT2D eigenvalue weighted by atomic mass is 10.4. The molecule has 0 fully saturated rings. The van der Waals surface area contributed by atoms with Gasteiger partial charge in [-0.1, -0.05) is 0 Å². The van der Waals surface area contributed by atoms with Crippen LogP contribution in [-0.2, 0) is 6.54 Å². The van der Waals surface area contributed by atoms with Gasteiger partial charge in [-0.3, -0.25) is 14.8 Å². The molecule has 0 radical (unpaired) electrons. The third-order valence-corrected chi connectivity index (χ3v) is 2.93. The van der Waals surface area contributed by atoms with Crippen LogP contribution in [0.5, 0.6) is 0 Å². The summed E-state index contributed by atoms with van der Waals surface area (Å²) in [6, 6.07) is 0. The predicted molar refractivity (Wildman–Crippen MR) is 65.1 cm³/mol. The zero-order chi connectivity index (χ0) is 13.1. The summed E-state index contributed by atoms with van der Waals surface area (Å²) in [7, 11) is 0. The summed E-state index contributed by atoms with van der Waals surface area (Å²) in [6.07, 6.45) is 1.83. The molecule has 94 valence electrons. The maximum Gasteiger partial charge on any atom is 0.409 e. The van der Waals surface area contributed by atoms with Crippen molar-refractivity contribution in [1.29, 1.82) is 0 Å². The first-order valence-corrected chi connectivity index (χ1v) is 5.90. The van der Waals surface area contributed by atoms with E-state index in [1.165, 1.54) is 24.5 Å². The molecular formula is C10H10N4O3S. The molecule has 8 heteroatoms. The number of rotatable bonds is 4. The first-order chi connectivity index (χ1) is 8.54. The molecule has 0 atom stereocenters. The molecule has 0 aliphatic carbocycles. The van der Waals surface area contributed by atoms with Crippen LogP contribution in [0.25, 0.3) is 0 Å². The van der Waals surface area contributed by atoms with Crippen molar-refractivity contribution in [1.82, 2.24) is 14.8 Å². The number of anilines is 1. The van der Waals surface area contributed by atoms with Crippen LogP contribution < -0.4 is 5.32 Å². The fraction of sp³-hybridized carbons (Fsp3) is 0.200. The van der Waals surface area contributed by atoms with Gasteiger partial charge >= 0.3 is 6.09 Å². The Morgan fingerprint density at radius 1 is 1.56 bits per heavy atom. The Bertz CT molecular complexity index is 589. The van der Waals surface area contributed by atoms with Crippen molar-refractivity contribution < 1.29 is 14.7 Å². The van der Waals surface area contributed by atoms with E-state index in [1.807, 2.05) is 0 Å². The van der Waals surface area contributed by atoms with Crippen LogP contribution in [0.3, 0.4) is 0 Å². The van der Waals surface area contributed by atoms with Crippen LogP contribution in [0, 0.1) is 0 Å². The van der Waals surface area contributed by atoms with Gasteiger partial charge < -0.3 is 5.11 Å². The predicted octanol–water partition coefficient (Wildman–Crippen LogP) is 1.68. The highest BCUT2D eigenvalue weighted by molar-refractivity contribution is 7.09. The number of nitrogens with zero attached hydrogens (tertiary/aromatic N) is 3. The van der Waals surface area contributed by atoms with E-state index in [2.05, 4.69) is 15.4 Å². The number of hydrogen-bond acceptors (Lipinski definition) is 5. The lowest BCUT2D eigenvalue weighted by Crippen LogP contribution is -2.06. The van der Waals surface area contributed by atoms with Crippen molar-refractivity contribution in [2.45, 2.75) is 13.5 Å². The van der Waals surface area contributed by atoms with Gasteiger partial charge in [0.2, 0.25) is 0 Å². The number of thiazole rings is 1. The zero-order valence-corrected chi connectivity index (χ0v) is 10.3. The van der Waals surface area contributed by atoms with E-state index in [9.17, 15) is 9.59 Å². The van der Waals surface area contributed by atoms with Crippen LogP contribution >= 0.6 is 11.3 Å². The average molecular weight is 266 g/mol. The van der Waals surface area contributed by atoms with Crippen LogP contribution in [0.1, 0.15) is 22.4 Å². The zero-order valence-electron chi connectivity index (χ0n) is 9.45. The summed E-state index contributed by atoms with van der Waals surface area (Å²) in [5.74, 6) is -0.0776. The van der Waals surface area contributed by atoms with Crippen LogP contribution in [0.2, 0.25) is 0 Å². The van der Waals surface area contributed by atoms with Gasteiger partial charge in [0, 0.05) is 18.5 Å². The number of carbonyl (C=O) groups is 2. The smallest absolute Gasteiger partial charge is 0.409 e. The maximum absolute atomic E-state index is 11.1. The average Bonchev–Trinajstić information content (AvgIpc) is 2.88. The van der Waals surface area contributed by atoms with E-state index in [1.54, 1.807) is 16.3 Å². The summed E-state index contributed by atoms with van der Waals surface area (Å²) in [4.78, 5) is 25.6. The van der Waals surface area contributed by atoms with Crippen LogP contribution in [0.15, 0.2) is 17.8 Å². The number of hydrogen-bond donors (Lipinski definition) is 2. The largest absolute Gasteiger partial charge is 0.465 e. The quantitative estimate of drug-likeness (QED) is 0.820. The molecule has 0 bridgehead atoms. The minimum atomic E-state index is -1.14. The second kappa shape index (κ2) is 4.96. The van der Waals surface area contributed by atoms with Gasteiger partial charge in [-0.2, -0.15) is 5.10 Å². The number of nitrogens with one attached hydrogen (secondary N) is 1. The molecule has 0 spiro atoms. The number of aromatic nitrogens is 3. The maximum atomic E-state index is 11.1. The van der Waals surface area contributed by atoms with Crippen molar-refractivity contribution >= 4 is 28.9 Å². The number of amides is 1. The Kier molecular flexibility index (Phi) is 3.38. The van der Waals surface area contributed by atoms with E-state index in [4.69, 9.17) is 5.11 Å². The SMILES string of the molecule is CC(=O)c1csc(Cn2cc(NC(=O)O)cn2)n1. The minimum Gasteiger partial charge on any atom is -0.465 e. The van der Waals surface area contributed by atoms with Crippen molar-refractivity contribution in [3.63, 3.8) is 0 Å². The Morgan fingerprint density at radius 3 is 2.94 bits per heavy atom. The topological polar surface area (TPSA) is 97.1 Å². The van der Waals surface area contributed by atoms with Gasteiger partial charge in [0.1, 0.15) is 10.7 Å². The van der Waals surface area contributed by atoms with Crippen molar-refractivity contribution in [2.24, 2.45) is 0 Å². The highest BCUT2D eigenvalue weighted by Crippen LogP contribution is 2.13. The van der Waals surface area contributed by atoms with Gasteiger partial charge in [0.15, 0.2) is 5.78 Å². The molecule has 2 N–H and O–H groups in total. The molecule has 0 saturated carbocycles. The second-order valence-corrected chi connectivity index (χ2v) is 4.48. The first-order valence-electron chi connectivity index (χ1n) is 5.02. The highest BCUT2D eigenvalue weighted by atomic mass is 32.1. The normalized spacial score (nSPS) is 10.3. The molecule has 0 unspecified atom stereocenters. The van der Waals surface area contributed by atoms with Gasteiger partial charge in [-0.15, -0.1) is 11.3 Å². The van der Waals surface area contributed by atoms with Crippen molar-refractivity contribution in [3.8, 4) is 0 Å². The molecule has 2 aromatic heterocycles. The molecule has 0 saturated heterocycles. The minimum absolute atomic E-state index is 0.0776. The van der Waals surface area contributed by atoms with Gasteiger partial charge in [0.25, 0.3) is 0 Å². The molecule has 2 aromatic rings. The number of Topliss-reactive ketones (excluding diaryl/α,β-unsaturated/α-hetero) is 1. The van der Waals surface area contributed by atoms with Gasteiger partial charge in [0.05, 0.1) is 18.4 Å². The summed E-state index contributed by atoms with van der Waals surface area (Å²) < 4.78 is 1.55. The van der Waals surface area contributed by atoms with E-state index in [-0.39, 0.29) is 5.78 Å². The van der Waals surface area contributed by atoms with E-state index in [0.29, 0.717) is 17.9 Å². The lowest BCUT2D eigenvalue weighted by Gasteiger charge is -1.96. The Morgan fingerprint density at radius 2 is 2.33 bits per heavy atom. The molecule has 2 heterocycles. The Balaban J connectivity index is 2.06. The van der Waals surface area contributed by atoms with Crippen molar-refractivity contribution in [2.75, 3.05) is 5.32 Å². The molecule has 0 aliphatic heterocycles. The van der Waals surface area contributed by atoms with Crippen molar-refractivity contribution in [3.05, 3.63) is 28.5 Å². The fourth-order valence-corrected chi connectivity index (χ4v) is 2.15. The van der Waals surface area contributed by atoms with Gasteiger partial charge in [-0.25, -0.2) is 9.78 Å². The molecule has 0 aliphatic rings. The van der Waals surface area contributed by atoms with Gasteiger partial charge in [-0.05, 0) is 0 Å². The fourth-order valence-electron chi connectivity index (χ4n) is 1.32. The molecule has 7 nitrogen and oxygen atoms in total. The third-order valence-electron chi connectivity index (χ3n) is 2.09. The highest BCUT2D eigenvalue weighted by Gasteiger charge is 2.08. The summed E-state index contributed by atoms with van der Waals surface area (Å²) in [5, 5.41) is 17.2. The standard InChI is InChI=1S/C10H10N4O3S/c1-6(15)8-5-18-9(13-8)4-14-3-7(2-11-14)12-10(16)17/h2-3,5,12H,4H2,1H3,(H,16,17). The first kappa shape index (κ1) is 12.2. The monoisotopic (exact) mass is 266 g/mol. The molecular weight excluding hydrogens is 256 g/mol. The van der Waals surface area contributed by atoms with E-state index < -0.39 is 6.09 Å². The molecule has 18 heavy (non-hydrogen) atoms. The van der Waals surface area contributed by atoms with Crippen LogP contribution in [-0.4, -0.2) is 31.7 Å². The third kappa shape index (κ3) is 2.92. The molecule has 2 rings (SSSR count). The number of carboxylic acid groups (broad SMARTS) is 1. The summed E-state index contributed by atoms with van der Waals surface area (Å²) in [5.41, 5.74) is 0.830. The van der Waals surface area contributed by atoms with Crippen LogP contribution in [0.4, 0.5) is 10.5 Å². The Hall–Kier alpha value is -2.22. The molecule has 0 aromatic carbocycles.